The molecule has 1 aliphatic heterocycles. The molecule has 2 aliphatic rings. The number of esters is 1. The highest BCUT2D eigenvalue weighted by Crippen LogP contribution is 2.40. The molecule has 1 aliphatic carbocycles. The van der Waals surface area contributed by atoms with E-state index in [0.717, 1.165) is 31.2 Å². The average molecular weight is 477 g/mol. The van der Waals surface area contributed by atoms with Gasteiger partial charge < -0.3 is 14.7 Å². The predicted molar refractivity (Wildman–Crippen MR) is 129 cm³/mol. The second-order valence-corrected chi connectivity index (χ2v) is 10.1. The van der Waals surface area contributed by atoms with E-state index in [9.17, 15) is 19.5 Å². The summed E-state index contributed by atoms with van der Waals surface area (Å²) in [5.41, 5.74) is 1.10. The maximum absolute atomic E-state index is 13.5. The Balaban J connectivity index is 1.78. The second-order valence-electron chi connectivity index (χ2n) is 9.03. The number of rotatable bonds is 10. The van der Waals surface area contributed by atoms with Crippen molar-refractivity contribution in [3.8, 4) is 0 Å². The zero-order valence-corrected chi connectivity index (χ0v) is 20.6. The van der Waals surface area contributed by atoms with Gasteiger partial charge in [0, 0.05) is 11.3 Å². The van der Waals surface area contributed by atoms with Crippen LogP contribution in [0.2, 0.25) is 0 Å². The van der Waals surface area contributed by atoms with Crippen molar-refractivity contribution >= 4 is 29.6 Å². The number of aliphatic carboxylic acids is 1. The van der Waals surface area contributed by atoms with Gasteiger partial charge in [0.05, 0.1) is 12.6 Å². The van der Waals surface area contributed by atoms with Gasteiger partial charge in [-0.05, 0) is 57.3 Å². The standard InChI is InChI=1S/C25H36N2O5S/c1-4-32-25(31)22(21(33-3)14-17-10-6-5-7-11-17)26-16(2)23(28)27-19-13-9-8-12-18(19)15-20(27)24(29)30/h5-7,10-11,16,18-22,26H,4,8-9,12-15H2,1-3H3,(H,29,30). The average Bonchev–Trinajstić information content (AvgIpc) is 3.21. The Labute approximate surface area is 200 Å². The van der Waals surface area contributed by atoms with E-state index in [4.69, 9.17) is 4.74 Å². The first-order valence-corrected chi connectivity index (χ1v) is 13.2. The minimum atomic E-state index is -0.946. The lowest BCUT2D eigenvalue weighted by Gasteiger charge is -2.36. The third-order valence-corrected chi connectivity index (χ3v) is 7.97. The summed E-state index contributed by atoms with van der Waals surface area (Å²) in [6.07, 6.45) is 7.01. The smallest absolute Gasteiger partial charge is 0.326 e. The Kier molecular flexibility index (Phi) is 9.20. The summed E-state index contributed by atoms with van der Waals surface area (Å²) in [5.74, 6) is -1.34. The number of carboxylic acid groups (broad SMARTS) is 1. The van der Waals surface area contributed by atoms with Gasteiger partial charge in [-0.25, -0.2) is 4.79 Å². The number of likely N-dealkylation sites (tertiary alicyclic amines) is 1. The van der Waals surface area contributed by atoms with Gasteiger partial charge >= 0.3 is 11.9 Å². The lowest BCUT2D eigenvalue weighted by atomic mass is 9.84. The molecular weight excluding hydrogens is 440 g/mol. The number of hydrogen-bond acceptors (Lipinski definition) is 6. The highest BCUT2D eigenvalue weighted by atomic mass is 32.2. The van der Waals surface area contributed by atoms with E-state index in [1.807, 2.05) is 36.6 Å². The summed E-state index contributed by atoms with van der Waals surface area (Å²) in [5, 5.41) is 12.9. The fourth-order valence-electron chi connectivity index (χ4n) is 5.30. The number of carbonyl (C=O) groups excluding carboxylic acids is 2. The van der Waals surface area contributed by atoms with Crippen molar-refractivity contribution in [1.82, 2.24) is 10.2 Å². The van der Waals surface area contributed by atoms with Crippen LogP contribution in [-0.4, -0.2) is 70.1 Å². The largest absolute Gasteiger partial charge is 0.480 e. The SMILES string of the molecule is CCOC(=O)C(NC(C)C(=O)N1C(C(=O)O)CC2CCCCC21)C(Cc1ccccc1)SC. The molecule has 3 rings (SSSR count). The van der Waals surface area contributed by atoms with E-state index in [2.05, 4.69) is 5.32 Å². The van der Waals surface area contributed by atoms with Crippen molar-refractivity contribution in [2.24, 2.45) is 5.92 Å². The fraction of sp³-hybridized carbons (Fsp3) is 0.640. The van der Waals surface area contributed by atoms with E-state index < -0.39 is 24.1 Å². The van der Waals surface area contributed by atoms with Crippen LogP contribution < -0.4 is 5.32 Å². The molecule has 33 heavy (non-hydrogen) atoms. The zero-order chi connectivity index (χ0) is 24.0. The van der Waals surface area contributed by atoms with Gasteiger partial charge in [-0.15, -0.1) is 0 Å². The first-order chi connectivity index (χ1) is 15.9. The minimum Gasteiger partial charge on any atom is -0.480 e. The predicted octanol–water partition coefficient (Wildman–Crippen LogP) is 3.11. The number of hydrogen-bond donors (Lipinski definition) is 2. The van der Waals surface area contributed by atoms with Gasteiger partial charge in [0.15, 0.2) is 0 Å². The number of ether oxygens (including phenoxy) is 1. The summed E-state index contributed by atoms with van der Waals surface area (Å²) >= 11 is 1.55. The maximum atomic E-state index is 13.5. The van der Waals surface area contributed by atoms with Crippen LogP contribution in [0.5, 0.6) is 0 Å². The Bertz CT molecular complexity index is 820. The zero-order valence-electron chi connectivity index (χ0n) is 19.7. The molecule has 182 valence electrons. The van der Waals surface area contributed by atoms with Crippen molar-refractivity contribution in [2.45, 2.75) is 81.8 Å². The maximum Gasteiger partial charge on any atom is 0.326 e. The lowest BCUT2D eigenvalue weighted by Crippen LogP contribution is -2.58. The highest BCUT2D eigenvalue weighted by Gasteiger charge is 2.48. The van der Waals surface area contributed by atoms with E-state index in [1.54, 1.807) is 30.5 Å². The number of fused-ring (bicyclic) bond motifs is 1. The Morgan fingerprint density at radius 3 is 2.55 bits per heavy atom. The third-order valence-electron chi connectivity index (χ3n) is 6.92. The quantitative estimate of drug-likeness (QED) is 0.501. The molecule has 7 nitrogen and oxygen atoms in total. The van der Waals surface area contributed by atoms with Crippen LogP contribution in [0.25, 0.3) is 0 Å². The molecule has 2 N–H and O–H groups in total. The van der Waals surface area contributed by atoms with Gasteiger partial charge in [0.1, 0.15) is 12.1 Å². The van der Waals surface area contributed by atoms with E-state index in [-0.39, 0.29) is 35.7 Å². The Morgan fingerprint density at radius 1 is 1.21 bits per heavy atom. The number of amides is 1. The summed E-state index contributed by atoms with van der Waals surface area (Å²) < 4.78 is 5.34. The van der Waals surface area contributed by atoms with E-state index in [0.29, 0.717) is 12.8 Å². The van der Waals surface area contributed by atoms with Gasteiger partial charge in [-0.3, -0.25) is 14.9 Å². The minimum absolute atomic E-state index is 0.0293. The van der Waals surface area contributed by atoms with Crippen LogP contribution in [0, 0.1) is 5.92 Å². The van der Waals surface area contributed by atoms with Crippen LogP contribution in [0.15, 0.2) is 30.3 Å². The molecule has 0 radical (unpaired) electrons. The first-order valence-electron chi connectivity index (χ1n) is 11.9. The van der Waals surface area contributed by atoms with Crippen LogP contribution >= 0.6 is 11.8 Å². The van der Waals surface area contributed by atoms with E-state index in [1.165, 1.54) is 0 Å². The number of benzene rings is 1. The highest BCUT2D eigenvalue weighted by molar-refractivity contribution is 7.99. The molecular formula is C25H36N2O5S. The summed E-state index contributed by atoms with van der Waals surface area (Å²) in [6, 6.07) is 7.70. The number of carbonyl (C=O) groups is 3. The topological polar surface area (TPSA) is 95.9 Å². The fourth-order valence-corrected chi connectivity index (χ4v) is 6.13. The third kappa shape index (κ3) is 6.09. The summed E-state index contributed by atoms with van der Waals surface area (Å²) in [7, 11) is 0. The molecule has 6 atom stereocenters. The summed E-state index contributed by atoms with van der Waals surface area (Å²) in [4.78, 5) is 40.0. The molecule has 2 fully saturated rings. The van der Waals surface area contributed by atoms with Crippen LogP contribution in [0.1, 0.15) is 51.5 Å². The number of thioether (sulfide) groups is 1. The monoisotopic (exact) mass is 476 g/mol. The van der Waals surface area contributed by atoms with E-state index >= 15 is 0 Å². The molecule has 1 aromatic carbocycles. The van der Waals surface area contributed by atoms with Crippen molar-refractivity contribution in [2.75, 3.05) is 12.9 Å². The Morgan fingerprint density at radius 2 is 1.91 bits per heavy atom. The first kappa shape index (κ1) is 25.6. The van der Waals surface area contributed by atoms with Crippen molar-refractivity contribution in [3.63, 3.8) is 0 Å². The van der Waals surface area contributed by atoms with Crippen LogP contribution in [0.3, 0.4) is 0 Å². The molecule has 8 heteroatoms. The van der Waals surface area contributed by atoms with Gasteiger partial charge in [0.25, 0.3) is 0 Å². The molecule has 1 heterocycles. The number of nitrogens with zero attached hydrogens (tertiary/aromatic N) is 1. The summed E-state index contributed by atoms with van der Waals surface area (Å²) in [6.45, 7) is 3.74. The van der Waals surface area contributed by atoms with Gasteiger partial charge in [-0.2, -0.15) is 11.8 Å². The molecule has 0 bridgehead atoms. The lowest BCUT2D eigenvalue weighted by molar-refractivity contribution is -0.151. The van der Waals surface area contributed by atoms with Crippen LogP contribution in [0.4, 0.5) is 0 Å². The molecule has 1 saturated carbocycles. The number of nitrogens with one attached hydrogen (secondary N) is 1. The molecule has 1 amide bonds. The van der Waals surface area contributed by atoms with Gasteiger partial charge in [0.2, 0.25) is 5.91 Å². The normalized spacial score (nSPS) is 25.1. The Hall–Kier alpha value is -2.06. The molecule has 1 aromatic rings. The van der Waals surface area contributed by atoms with Crippen LogP contribution in [-0.2, 0) is 25.5 Å². The van der Waals surface area contributed by atoms with Crippen molar-refractivity contribution in [1.29, 1.82) is 0 Å². The molecule has 6 unspecified atom stereocenters. The van der Waals surface area contributed by atoms with Crippen molar-refractivity contribution in [3.05, 3.63) is 35.9 Å². The molecule has 1 saturated heterocycles. The molecule has 0 spiro atoms. The van der Waals surface area contributed by atoms with Crippen molar-refractivity contribution < 1.29 is 24.2 Å². The number of carboxylic acids is 1. The second kappa shape index (κ2) is 11.9. The van der Waals surface area contributed by atoms with Gasteiger partial charge in [-0.1, -0.05) is 43.2 Å². The molecule has 0 aromatic heterocycles.